The Morgan fingerprint density at radius 2 is 1.80 bits per heavy atom. The van der Waals surface area contributed by atoms with Crippen LogP contribution in [-0.4, -0.2) is 49.8 Å². The van der Waals surface area contributed by atoms with Gasteiger partial charge in [-0.15, -0.1) is 0 Å². The van der Waals surface area contributed by atoms with Crippen LogP contribution in [0, 0.1) is 34.0 Å². The number of hydrogen-bond acceptors (Lipinski definition) is 3. The molecule has 0 unspecified atom stereocenters. The lowest BCUT2D eigenvalue weighted by Crippen LogP contribution is -2.52. The van der Waals surface area contributed by atoms with Gasteiger partial charge in [0.1, 0.15) is 0 Å². The van der Waals surface area contributed by atoms with E-state index in [2.05, 4.69) is 71.2 Å². The summed E-state index contributed by atoms with van der Waals surface area (Å²) in [6, 6.07) is 1.05. The molecule has 30 heavy (non-hydrogen) atoms. The van der Waals surface area contributed by atoms with Crippen molar-refractivity contribution in [3.8, 4) is 0 Å². The van der Waals surface area contributed by atoms with Crippen molar-refractivity contribution in [3.63, 3.8) is 0 Å². The quantitative estimate of drug-likeness (QED) is 0.678. The zero-order valence-electron chi connectivity index (χ0n) is 20.6. The van der Waals surface area contributed by atoms with Crippen LogP contribution >= 0.6 is 0 Å². The zero-order valence-corrected chi connectivity index (χ0v) is 20.6. The molecular formula is C27H46N2O. The third kappa shape index (κ3) is 3.02. The SMILES string of the molecule is CN[C@H]1CCC2=CC3=CC[C@]4(C)[C@@H]([C@H](C)N(C)C)CC[C@@]4(C)[C@@H]3CC[C@@H]2[C@@]1(C)CO. The van der Waals surface area contributed by atoms with E-state index in [1.54, 1.807) is 11.1 Å². The number of nitrogens with one attached hydrogen (secondary N) is 1. The number of aliphatic hydroxyl groups excluding tert-OH is 1. The van der Waals surface area contributed by atoms with Gasteiger partial charge in [-0.2, -0.15) is 0 Å². The molecule has 3 heteroatoms. The van der Waals surface area contributed by atoms with Gasteiger partial charge in [-0.05, 0) is 107 Å². The summed E-state index contributed by atoms with van der Waals surface area (Å²) in [6.07, 6.45) is 14.0. The van der Waals surface area contributed by atoms with Crippen molar-refractivity contribution in [2.75, 3.05) is 27.7 Å². The van der Waals surface area contributed by atoms with Crippen LogP contribution in [0.2, 0.25) is 0 Å². The molecule has 0 aromatic carbocycles. The summed E-state index contributed by atoms with van der Waals surface area (Å²) in [4.78, 5) is 2.44. The van der Waals surface area contributed by atoms with Gasteiger partial charge >= 0.3 is 0 Å². The Hall–Kier alpha value is -0.640. The molecule has 0 aliphatic heterocycles. The minimum absolute atomic E-state index is 0.0469. The molecule has 0 spiro atoms. The fourth-order valence-corrected chi connectivity index (χ4v) is 8.47. The molecule has 2 N–H and O–H groups in total. The zero-order chi connectivity index (χ0) is 21.9. The van der Waals surface area contributed by atoms with Gasteiger partial charge in [-0.3, -0.25) is 0 Å². The van der Waals surface area contributed by atoms with Crippen LogP contribution < -0.4 is 5.32 Å². The molecule has 170 valence electrons. The second-order valence-corrected chi connectivity index (χ2v) is 12.0. The van der Waals surface area contributed by atoms with Crippen molar-refractivity contribution in [3.05, 3.63) is 23.3 Å². The largest absolute Gasteiger partial charge is 0.396 e. The molecule has 2 fully saturated rings. The maximum atomic E-state index is 10.4. The van der Waals surface area contributed by atoms with E-state index in [9.17, 15) is 5.11 Å². The first-order valence-corrected chi connectivity index (χ1v) is 12.5. The van der Waals surface area contributed by atoms with E-state index >= 15 is 0 Å². The fraction of sp³-hybridized carbons (Fsp3) is 0.852. The van der Waals surface area contributed by atoms with Crippen molar-refractivity contribution in [1.29, 1.82) is 0 Å². The van der Waals surface area contributed by atoms with E-state index in [1.165, 1.54) is 38.5 Å². The van der Waals surface area contributed by atoms with Crippen molar-refractivity contribution in [1.82, 2.24) is 10.2 Å². The predicted molar refractivity (Wildman–Crippen MR) is 126 cm³/mol. The Bertz CT molecular complexity index is 726. The van der Waals surface area contributed by atoms with E-state index in [0.29, 0.717) is 34.7 Å². The van der Waals surface area contributed by atoms with E-state index in [0.717, 1.165) is 12.3 Å². The number of fused-ring (bicyclic) bond motifs is 4. The molecule has 0 heterocycles. The van der Waals surface area contributed by atoms with Crippen LogP contribution in [-0.2, 0) is 0 Å². The van der Waals surface area contributed by atoms with Gasteiger partial charge in [0.05, 0.1) is 6.61 Å². The van der Waals surface area contributed by atoms with Gasteiger partial charge in [0, 0.05) is 17.5 Å². The third-order valence-electron chi connectivity index (χ3n) is 11.0. The van der Waals surface area contributed by atoms with Gasteiger partial charge in [-0.1, -0.05) is 38.5 Å². The lowest BCUT2D eigenvalue weighted by Gasteiger charge is -2.54. The normalized spacial score (nSPS) is 47.0. The summed E-state index contributed by atoms with van der Waals surface area (Å²) in [6.45, 7) is 10.3. The lowest BCUT2D eigenvalue weighted by molar-refractivity contribution is -0.0145. The maximum Gasteiger partial charge on any atom is 0.0505 e. The van der Waals surface area contributed by atoms with E-state index in [1.807, 2.05) is 0 Å². The molecule has 0 amide bonds. The number of hydrogen-bond donors (Lipinski definition) is 2. The maximum absolute atomic E-state index is 10.4. The monoisotopic (exact) mass is 414 g/mol. The minimum atomic E-state index is -0.0469. The van der Waals surface area contributed by atoms with E-state index in [4.69, 9.17) is 0 Å². The molecular weight excluding hydrogens is 368 g/mol. The lowest BCUT2D eigenvalue weighted by atomic mass is 9.51. The average Bonchev–Trinajstić information content (AvgIpc) is 2.87. The van der Waals surface area contributed by atoms with Gasteiger partial charge in [0.15, 0.2) is 0 Å². The van der Waals surface area contributed by atoms with Crippen molar-refractivity contribution >= 4 is 0 Å². The van der Waals surface area contributed by atoms with Crippen molar-refractivity contribution in [2.24, 2.45) is 34.0 Å². The fourth-order valence-electron chi connectivity index (χ4n) is 8.47. The summed E-state index contributed by atoms with van der Waals surface area (Å²) >= 11 is 0. The minimum Gasteiger partial charge on any atom is -0.396 e. The Morgan fingerprint density at radius 1 is 1.10 bits per heavy atom. The average molecular weight is 415 g/mol. The second-order valence-electron chi connectivity index (χ2n) is 12.0. The summed E-state index contributed by atoms with van der Waals surface area (Å²) in [5.41, 5.74) is 3.97. The highest BCUT2D eigenvalue weighted by molar-refractivity contribution is 5.37. The summed E-state index contributed by atoms with van der Waals surface area (Å²) in [7, 11) is 6.58. The first-order chi connectivity index (χ1) is 14.1. The highest BCUT2D eigenvalue weighted by atomic mass is 16.3. The molecule has 2 saturated carbocycles. The van der Waals surface area contributed by atoms with E-state index in [-0.39, 0.29) is 12.0 Å². The molecule has 0 aromatic heterocycles. The Kier molecular flexibility index (Phi) is 5.82. The molecule has 0 saturated heterocycles. The molecule has 0 bridgehead atoms. The van der Waals surface area contributed by atoms with Gasteiger partial charge in [0.25, 0.3) is 0 Å². The van der Waals surface area contributed by atoms with Crippen molar-refractivity contribution in [2.45, 2.75) is 84.7 Å². The first-order valence-electron chi connectivity index (χ1n) is 12.5. The number of aliphatic hydroxyl groups is 1. The van der Waals surface area contributed by atoms with E-state index < -0.39 is 0 Å². The third-order valence-corrected chi connectivity index (χ3v) is 11.0. The standard InChI is InChI=1S/C27H46N2O/c1-18(29(6)7)21-13-15-27(4)23-10-9-22-19(16-20(23)12-14-26(21,27)3)8-11-24(28-5)25(22,2)17-30/h12,16,18,21-24,28,30H,8-11,13-15,17H2,1-7H3/t18-,21+,22-,23+,24-,25+,26+,27-/m0/s1. The second kappa shape index (κ2) is 7.74. The summed E-state index contributed by atoms with van der Waals surface area (Å²) in [5, 5.41) is 14.0. The molecule has 4 aliphatic carbocycles. The van der Waals surface area contributed by atoms with Crippen molar-refractivity contribution < 1.29 is 5.11 Å². The van der Waals surface area contributed by atoms with Crippen LogP contribution in [0.3, 0.4) is 0 Å². The van der Waals surface area contributed by atoms with Crippen LogP contribution in [0.1, 0.15) is 72.6 Å². The Labute approximate surface area is 185 Å². The van der Waals surface area contributed by atoms with Crippen LogP contribution in [0.5, 0.6) is 0 Å². The highest BCUT2D eigenvalue weighted by Gasteiger charge is 2.61. The van der Waals surface area contributed by atoms with Crippen LogP contribution in [0.4, 0.5) is 0 Å². The Morgan fingerprint density at radius 3 is 2.43 bits per heavy atom. The summed E-state index contributed by atoms with van der Waals surface area (Å²) < 4.78 is 0. The first kappa shape index (κ1) is 22.6. The highest BCUT2D eigenvalue weighted by Crippen LogP contribution is 2.68. The smallest absolute Gasteiger partial charge is 0.0505 e. The molecule has 0 aromatic rings. The number of rotatable bonds is 4. The topological polar surface area (TPSA) is 35.5 Å². The molecule has 4 rings (SSSR count). The van der Waals surface area contributed by atoms with Crippen LogP contribution in [0.15, 0.2) is 23.3 Å². The molecule has 3 nitrogen and oxygen atoms in total. The van der Waals surface area contributed by atoms with Gasteiger partial charge < -0.3 is 15.3 Å². The van der Waals surface area contributed by atoms with Gasteiger partial charge in [-0.25, -0.2) is 0 Å². The number of allylic oxidation sites excluding steroid dienone is 4. The molecule has 4 aliphatic rings. The predicted octanol–water partition coefficient (Wildman–Crippen LogP) is 5.02. The molecule has 0 radical (unpaired) electrons. The summed E-state index contributed by atoms with van der Waals surface area (Å²) in [5.74, 6) is 1.95. The van der Waals surface area contributed by atoms with Crippen LogP contribution in [0.25, 0.3) is 0 Å². The van der Waals surface area contributed by atoms with Gasteiger partial charge in [0.2, 0.25) is 0 Å². The molecule has 8 atom stereocenters. The Balaban J connectivity index is 1.69. The number of nitrogens with zero attached hydrogens (tertiary/aromatic N) is 1.